The summed E-state index contributed by atoms with van der Waals surface area (Å²) in [4.78, 5) is 12.5. The van der Waals surface area contributed by atoms with Gasteiger partial charge in [-0.05, 0) is 51.4 Å². The van der Waals surface area contributed by atoms with Crippen LogP contribution in [0.1, 0.15) is 37.6 Å². The molecule has 134 valence electrons. The van der Waals surface area contributed by atoms with Crippen molar-refractivity contribution in [2.45, 2.75) is 39.2 Å². The number of nitrogens with zero attached hydrogens (tertiary/aromatic N) is 2. The van der Waals surface area contributed by atoms with Crippen LogP contribution in [0.4, 0.5) is 5.82 Å². The number of aromatic nitrogens is 3. The van der Waals surface area contributed by atoms with Crippen molar-refractivity contribution >= 4 is 27.8 Å². The van der Waals surface area contributed by atoms with Crippen molar-refractivity contribution in [3.8, 4) is 0 Å². The Hall–Kier alpha value is -2.18. The number of imidazole rings is 1. The maximum atomic E-state index is 6.14. The number of unbranched alkanes of at least 4 members (excludes halogenated alkanes) is 2. The molecule has 0 unspecified atom stereocenters. The molecular formula is C19H27N5O. The van der Waals surface area contributed by atoms with Crippen LogP contribution in [0.2, 0.25) is 0 Å². The summed E-state index contributed by atoms with van der Waals surface area (Å²) in [7, 11) is 2.00. The zero-order chi connectivity index (χ0) is 17.6. The molecular weight excluding hydrogens is 314 g/mol. The van der Waals surface area contributed by atoms with Gasteiger partial charge < -0.3 is 20.8 Å². The number of pyridine rings is 1. The summed E-state index contributed by atoms with van der Waals surface area (Å²) >= 11 is 0. The Morgan fingerprint density at radius 2 is 2.08 bits per heavy atom. The van der Waals surface area contributed by atoms with Gasteiger partial charge in [0.2, 0.25) is 0 Å². The molecule has 0 fully saturated rings. The molecule has 3 aromatic rings. The summed E-state index contributed by atoms with van der Waals surface area (Å²) in [6.45, 7) is 4.16. The predicted octanol–water partition coefficient (Wildman–Crippen LogP) is 3.16. The third kappa shape index (κ3) is 4.08. The lowest BCUT2D eigenvalue weighted by atomic mass is 10.0. The van der Waals surface area contributed by atoms with Crippen molar-refractivity contribution in [2.75, 3.05) is 25.9 Å². The number of ether oxygens (including phenoxy) is 1. The molecule has 6 heteroatoms. The van der Waals surface area contributed by atoms with E-state index in [-0.39, 0.29) is 0 Å². The van der Waals surface area contributed by atoms with Crippen LogP contribution >= 0.6 is 0 Å². The number of nitrogen functional groups attached to an aromatic ring is 1. The maximum Gasteiger partial charge on any atom is 0.150 e. The second-order valence-corrected chi connectivity index (χ2v) is 6.31. The van der Waals surface area contributed by atoms with Gasteiger partial charge in [0.05, 0.1) is 5.52 Å². The molecule has 4 N–H and O–H groups in total. The molecule has 2 heterocycles. The van der Waals surface area contributed by atoms with Crippen molar-refractivity contribution in [3.63, 3.8) is 0 Å². The number of anilines is 1. The van der Waals surface area contributed by atoms with Crippen LogP contribution in [0.3, 0.4) is 0 Å². The molecule has 0 amide bonds. The predicted molar refractivity (Wildman–Crippen MR) is 103 cm³/mol. The smallest absolute Gasteiger partial charge is 0.150 e. The summed E-state index contributed by atoms with van der Waals surface area (Å²) in [5, 5.41) is 4.22. The van der Waals surface area contributed by atoms with Crippen LogP contribution in [-0.4, -0.2) is 35.2 Å². The number of hydrogen-bond donors (Lipinski definition) is 3. The molecule has 0 atom stereocenters. The van der Waals surface area contributed by atoms with E-state index in [1.54, 1.807) is 0 Å². The van der Waals surface area contributed by atoms with Gasteiger partial charge in [0, 0.05) is 12.0 Å². The second-order valence-electron chi connectivity index (χ2n) is 6.31. The summed E-state index contributed by atoms with van der Waals surface area (Å²) in [6, 6.07) is 6.42. The molecule has 6 nitrogen and oxygen atoms in total. The topological polar surface area (TPSA) is 88.8 Å². The van der Waals surface area contributed by atoms with E-state index in [0.29, 0.717) is 19.0 Å². The van der Waals surface area contributed by atoms with Crippen LogP contribution in [0.25, 0.3) is 21.9 Å². The first-order valence-corrected chi connectivity index (χ1v) is 9.02. The lowest BCUT2D eigenvalue weighted by molar-refractivity contribution is 0.129. The average Bonchev–Trinajstić information content (AvgIpc) is 3.05. The van der Waals surface area contributed by atoms with Gasteiger partial charge in [0.15, 0.2) is 0 Å². The highest BCUT2D eigenvalue weighted by Gasteiger charge is 2.12. The molecule has 0 radical (unpaired) electrons. The molecule has 0 bridgehead atoms. The molecule has 2 aromatic heterocycles. The normalized spacial score (nSPS) is 11.6. The fraction of sp³-hybridized carbons (Fsp3) is 0.474. The molecule has 0 aliphatic heterocycles. The highest BCUT2D eigenvalue weighted by atomic mass is 16.5. The second kappa shape index (κ2) is 8.27. The van der Waals surface area contributed by atoms with Crippen molar-refractivity contribution in [2.24, 2.45) is 0 Å². The quantitative estimate of drug-likeness (QED) is 0.520. The zero-order valence-corrected chi connectivity index (χ0v) is 15.1. The highest BCUT2D eigenvalue weighted by molar-refractivity contribution is 6.06. The average molecular weight is 341 g/mol. The fourth-order valence-electron chi connectivity index (χ4n) is 3.09. The summed E-state index contributed by atoms with van der Waals surface area (Å²) in [6.07, 6.45) is 4.70. The summed E-state index contributed by atoms with van der Waals surface area (Å²) in [5.74, 6) is 1.27. The standard InChI is InChI=1S/C19H27N5O/c1-3-25-12-16-23-17-14-9-8-13(7-5-4-6-10-21-2)11-15(14)22-19(20)18(17)24-16/h8-9,11,21H,3-7,10,12H2,1-2H3,(H2,20,22)(H,23,24). The minimum atomic E-state index is 0.455. The largest absolute Gasteiger partial charge is 0.382 e. The molecule has 0 aliphatic carbocycles. The first-order valence-electron chi connectivity index (χ1n) is 9.02. The molecule has 3 rings (SSSR count). The van der Waals surface area contributed by atoms with E-state index < -0.39 is 0 Å². The first-order chi connectivity index (χ1) is 12.2. The third-order valence-corrected chi connectivity index (χ3v) is 4.40. The van der Waals surface area contributed by atoms with E-state index in [9.17, 15) is 0 Å². The van der Waals surface area contributed by atoms with Crippen LogP contribution in [-0.2, 0) is 17.8 Å². The Kier molecular flexibility index (Phi) is 5.83. The number of aromatic amines is 1. The SMILES string of the molecule is CCOCc1nc2c([nH]1)c(N)nc1cc(CCCCCNC)ccc12. The van der Waals surface area contributed by atoms with Crippen LogP contribution in [0.5, 0.6) is 0 Å². The number of benzene rings is 1. The van der Waals surface area contributed by atoms with E-state index in [4.69, 9.17) is 10.5 Å². The number of nitrogens with one attached hydrogen (secondary N) is 2. The Bertz CT molecular complexity index is 843. The molecule has 25 heavy (non-hydrogen) atoms. The number of hydrogen-bond acceptors (Lipinski definition) is 5. The van der Waals surface area contributed by atoms with E-state index in [1.165, 1.54) is 24.8 Å². The number of nitrogens with two attached hydrogens (primary N) is 1. The Morgan fingerprint density at radius 1 is 1.20 bits per heavy atom. The minimum absolute atomic E-state index is 0.455. The lowest BCUT2D eigenvalue weighted by Gasteiger charge is -2.05. The van der Waals surface area contributed by atoms with Crippen molar-refractivity contribution in [1.29, 1.82) is 0 Å². The fourth-order valence-corrected chi connectivity index (χ4v) is 3.09. The van der Waals surface area contributed by atoms with Gasteiger partial charge >= 0.3 is 0 Å². The van der Waals surface area contributed by atoms with Gasteiger partial charge in [-0.2, -0.15) is 0 Å². The van der Waals surface area contributed by atoms with Gasteiger partial charge in [-0.1, -0.05) is 18.6 Å². The number of fused-ring (bicyclic) bond motifs is 3. The Morgan fingerprint density at radius 3 is 2.88 bits per heavy atom. The molecule has 0 saturated heterocycles. The first kappa shape index (κ1) is 17.6. The van der Waals surface area contributed by atoms with Gasteiger partial charge in [-0.3, -0.25) is 0 Å². The van der Waals surface area contributed by atoms with Crippen molar-refractivity contribution < 1.29 is 4.74 Å². The van der Waals surface area contributed by atoms with Crippen LogP contribution in [0.15, 0.2) is 18.2 Å². The van der Waals surface area contributed by atoms with E-state index >= 15 is 0 Å². The van der Waals surface area contributed by atoms with Crippen molar-refractivity contribution in [1.82, 2.24) is 20.3 Å². The minimum Gasteiger partial charge on any atom is -0.382 e. The van der Waals surface area contributed by atoms with E-state index in [0.717, 1.165) is 40.7 Å². The van der Waals surface area contributed by atoms with E-state index in [1.807, 2.05) is 14.0 Å². The number of aryl methyl sites for hydroxylation is 1. The Labute approximate surface area is 148 Å². The monoisotopic (exact) mass is 341 g/mol. The van der Waals surface area contributed by atoms with Gasteiger partial charge in [-0.15, -0.1) is 0 Å². The van der Waals surface area contributed by atoms with E-state index in [2.05, 4.69) is 38.5 Å². The van der Waals surface area contributed by atoms with Gasteiger partial charge in [0.1, 0.15) is 29.3 Å². The van der Waals surface area contributed by atoms with Crippen LogP contribution < -0.4 is 11.1 Å². The third-order valence-electron chi connectivity index (χ3n) is 4.40. The molecule has 0 aliphatic rings. The molecule has 0 saturated carbocycles. The molecule has 0 spiro atoms. The number of rotatable bonds is 9. The molecule has 1 aromatic carbocycles. The number of H-pyrrole nitrogens is 1. The maximum absolute atomic E-state index is 6.14. The lowest BCUT2D eigenvalue weighted by Crippen LogP contribution is -2.07. The van der Waals surface area contributed by atoms with Gasteiger partial charge in [-0.25, -0.2) is 9.97 Å². The van der Waals surface area contributed by atoms with Crippen LogP contribution in [0, 0.1) is 0 Å². The highest BCUT2D eigenvalue weighted by Crippen LogP contribution is 2.27. The van der Waals surface area contributed by atoms with Gasteiger partial charge in [0.25, 0.3) is 0 Å². The zero-order valence-electron chi connectivity index (χ0n) is 15.1. The Balaban J connectivity index is 1.83. The summed E-state index contributed by atoms with van der Waals surface area (Å²) in [5.41, 5.74) is 10.0. The summed E-state index contributed by atoms with van der Waals surface area (Å²) < 4.78 is 5.43. The van der Waals surface area contributed by atoms with Crippen molar-refractivity contribution in [3.05, 3.63) is 29.6 Å².